The molecule has 0 bridgehead atoms. The van der Waals surface area contributed by atoms with Crippen LogP contribution >= 0.6 is 0 Å². The number of nitrogens with zero attached hydrogens (tertiary/aromatic N) is 1. The molecule has 1 aliphatic carbocycles. The van der Waals surface area contributed by atoms with Gasteiger partial charge in [-0.1, -0.05) is 18.2 Å². The number of hydrogen-bond donors (Lipinski definition) is 2. The minimum Gasteiger partial charge on any atom is -0.478 e. The van der Waals surface area contributed by atoms with Gasteiger partial charge >= 0.3 is 5.97 Å². The molecular weight excluding hydrogens is 328 g/mol. The normalized spacial score (nSPS) is 25.2. The van der Waals surface area contributed by atoms with Gasteiger partial charge in [0.15, 0.2) is 0 Å². The smallest absolute Gasteiger partial charge is 0.338 e. The lowest BCUT2D eigenvalue weighted by Gasteiger charge is -2.37. The molecule has 1 aliphatic heterocycles. The van der Waals surface area contributed by atoms with Crippen LogP contribution in [0.25, 0.3) is 10.9 Å². The van der Waals surface area contributed by atoms with E-state index in [1.807, 2.05) is 25.1 Å². The minimum atomic E-state index is -0.833. The molecule has 0 amide bonds. The quantitative estimate of drug-likeness (QED) is 0.856. The van der Waals surface area contributed by atoms with Gasteiger partial charge < -0.3 is 19.7 Å². The lowest BCUT2D eigenvalue weighted by atomic mass is 9.81. The minimum absolute atomic E-state index is 0.306. The molecule has 4 rings (SSSR count). The van der Waals surface area contributed by atoms with Gasteiger partial charge in [0.05, 0.1) is 24.8 Å². The number of fused-ring (bicyclic) bond motifs is 1. The van der Waals surface area contributed by atoms with Gasteiger partial charge in [0, 0.05) is 28.7 Å². The second-order valence-electron chi connectivity index (χ2n) is 7.91. The number of hydrogen-bond acceptors (Lipinski definition) is 3. The van der Waals surface area contributed by atoms with Gasteiger partial charge in [-0.05, 0) is 51.5 Å². The molecule has 140 valence electrons. The number of carbonyl (C=O) groups is 1. The largest absolute Gasteiger partial charge is 0.478 e. The summed E-state index contributed by atoms with van der Waals surface area (Å²) >= 11 is 0. The maximum absolute atomic E-state index is 11.8. The maximum Gasteiger partial charge on any atom is 0.338 e. The Balaban J connectivity index is 1.54. The number of carboxylic acids is 1. The van der Waals surface area contributed by atoms with E-state index in [9.17, 15) is 9.90 Å². The number of nitrogens with one attached hydrogen (secondary N) is 1. The van der Waals surface area contributed by atoms with Crippen molar-refractivity contribution in [2.75, 3.05) is 13.2 Å². The van der Waals surface area contributed by atoms with E-state index in [0.29, 0.717) is 29.6 Å². The third kappa shape index (κ3) is 3.03. The Morgan fingerprint density at radius 1 is 1.19 bits per heavy atom. The number of ether oxygens (including phenoxy) is 1. The summed E-state index contributed by atoms with van der Waals surface area (Å²) in [4.78, 5) is 11.8. The molecule has 26 heavy (non-hydrogen) atoms. The Labute approximate surface area is 154 Å². The van der Waals surface area contributed by atoms with Gasteiger partial charge in [-0.3, -0.25) is 0 Å². The molecule has 0 unspecified atom stereocenters. The number of carboxylic acid groups (broad SMARTS) is 1. The fourth-order valence-corrected chi connectivity index (χ4v) is 4.83. The molecular formula is C21H28N2O3. The summed E-state index contributed by atoms with van der Waals surface area (Å²) in [6.45, 7) is 5.90. The second-order valence-corrected chi connectivity index (χ2v) is 7.91. The zero-order valence-corrected chi connectivity index (χ0v) is 15.6. The number of rotatable bonds is 5. The zero-order valence-electron chi connectivity index (χ0n) is 15.6. The van der Waals surface area contributed by atoms with Crippen molar-refractivity contribution in [2.24, 2.45) is 5.92 Å². The van der Waals surface area contributed by atoms with Crippen molar-refractivity contribution in [3.63, 3.8) is 0 Å². The van der Waals surface area contributed by atoms with Crippen LogP contribution in [0, 0.1) is 12.8 Å². The first-order valence-electron chi connectivity index (χ1n) is 9.73. The highest BCUT2D eigenvalue weighted by Gasteiger charge is 2.31. The van der Waals surface area contributed by atoms with Crippen LogP contribution in [0.5, 0.6) is 0 Å². The number of para-hydroxylation sites is 1. The molecule has 2 heterocycles. The van der Waals surface area contributed by atoms with Crippen LogP contribution in [0.1, 0.15) is 54.7 Å². The molecule has 5 heteroatoms. The Bertz CT molecular complexity index is 801. The molecule has 2 aromatic rings. The van der Waals surface area contributed by atoms with Crippen LogP contribution in [0.15, 0.2) is 24.3 Å². The highest BCUT2D eigenvalue weighted by molar-refractivity contribution is 6.05. The first kappa shape index (κ1) is 17.6. The third-order valence-electron chi connectivity index (χ3n) is 6.34. The van der Waals surface area contributed by atoms with E-state index in [1.165, 1.54) is 25.7 Å². The van der Waals surface area contributed by atoms with Crippen molar-refractivity contribution >= 4 is 16.9 Å². The molecule has 1 atom stereocenters. The van der Waals surface area contributed by atoms with Gasteiger partial charge in [-0.2, -0.15) is 0 Å². The Hall–Kier alpha value is -1.85. The summed E-state index contributed by atoms with van der Waals surface area (Å²) in [7, 11) is 0. The highest BCUT2D eigenvalue weighted by Crippen LogP contribution is 2.38. The predicted molar refractivity (Wildman–Crippen MR) is 102 cm³/mol. The van der Waals surface area contributed by atoms with E-state index in [2.05, 4.69) is 22.9 Å². The van der Waals surface area contributed by atoms with E-state index >= 15 is 0 Å². The van der Waals surface area contributed by atoms with E-state index in [4.69, 9.17) is 4.74 Å². The fraction of sp³-hybridized carbons (Fsp3) is 0.571. The monoisotopic (exact) mass is 356 g/mol. The molecule has 0 radical (unpaired) electrons. The van der Waals surface area contributed by atoms with Crippen LogP contribution in [0.3, 0.4) is 0 Å². The van der Waals surface area contributed by atoms with Crippen LogP contribution < -0.4 is 5.32 Å². The van der Waals surface area contributed by atoms with Crippen LogP contribution in [0.4, 0.5) is 0 Å². The highest BCUT2D eigenvalue weighted by atomic mass is 16.5. The maximum atomic E-state index is 11.8. The Kier molecular flexibility index (Phi) is 4.76. The van der Waals surface area contributed by atoms with Crippen molar-refractivity contribution < 1.29 is 14.6 Å². The molecule has 2 N–H and O–H groups in total. The van der Waals surface area contributed by atoms with Crippen LogP contribution in [-0.2, 0) is 4.74 Å². The van der Waals surface area contributed by atoms with Crippen LogP contribution in [0.2, 0.25) is 0 Å². The molecule has 1 saturated heterocycles. The molecule has 1 aromatic heterocycles. The van der Waals surface area contributed by atoms with Gasteiger partial charge in [-0.25, -0.2) is 4.79 Å². The third-order valence-corrected chi connectivity index (χ3v) is 6.34. The Morgan fingerprint density at radius 3 is 2.50 bits per heavy atom. The fourth-order valence-electron chi connectivity index (χ4n) is 4.83. The molecule has 1 saturated carbocycles. The van der Waals surface area contributed by atoms with Crippen molar-refractivity contribution in [2.45, 2.75) is 57.7 Å². The second kappa shape index (κ2) is 7.05. The number of aromatic nitrogens is 1. The van der Waals surface area contributed by atoms with Crippen molar-refractivity contribution in [3.8, 4) is 0 Å². The summed E-state index contributed by atoms with van der Waals surface area (Å²) in [5, 5.41) is 14.2. The van der Waals surface area contributed by atoms with E-state index in [-0.39, 0.29) is 0 Å². The van der Waals surface area contributed by atoms with Gasteiger partial charge in [0.1, 0.15) is 0 Å². The summed E-state index contributed by atoms with van der Waals surface area (Å²) in [5.74, 6) is -0.248. The molecule has 5 nitrogen and oxygen atoms in total. The van der Waals surface area contributed by atoms with Gasteiger partial charge in [-0.15, -0.1) is 0 Å². The van der Waals surface area contributed by atoms with E-state index in [0.717, 1.165) is 29.8 Å². The van der Waals surface area contributed by atoms with Crippen LogP contribution in [-0.4, -0.2) is 40.9 Å². The number of aromatic carboxylic acids is 1. The first-order chi connectivity index (χ1) is 12.6. The van der Waals surface area contributed by atoms with Crippen molar-refractivity contribution in [1.82, 2.24) is 9.88 Å². The Morgan fingerprint density at radius 2 is 1.88 bits per heavy atom. The molecule has 0 spiro atoms. The SMILES string of the molecule is Cc1c(C(=O)O)c2ccccc2n1[C@H](C)C1CCC(NC2COC2)CC1. The lowest BCUT2D eigenvalue weighted by Crippen LogP contribution is -2.51. The standard InChI is InChI=1S/C21H28N2O3/c1-13(15-7-9-16(10-8-15)22-17-11-26-12-17)23-14(2)20(21(24)25)18-5-3-4-6-19(18)23/h3-6,13,15-17,22H,7-12H2,1-2H3,(H,24,25)/t13-,15?,16?/m1/s1. The lowest BCUT2D eigenvalue weighted by molar-refractivity contribution is -0.0130. The van der Waals surface area contributed by atoms with Crippen molar-refractivity contribution in [1.29, 1.82) is 0 Å². The van der Waals surface area contributed by atoms with Gasteiger partial charge in [0.25, 0.3) is 0 Å². The average molecular weight is 356 g/mol. The topological polar surface area (TPSA) is 63.5 Å². The predicted octanol–water partition coefficient (Wildman–Crippen LogP) is 3.76. The zero-order chi connectivity index (χ0) is 18.3. The first-order valence-corrected chi connectivity index (χ1v) is 9.73. The average Bonchev–Trinajstić information content (AvgIpc) is 2.90. The molecule has 2 fully saturated rings. The molecule has 2 aliphatic rings. The summed E-state index contributed by atoms with van der Waals surface area (Å²) in [6.07, 6.45) is 4.74. The summed E-state index contributed by atoms with van der Waals surface area (Å²) in [6, 6.07) is 9.35. The van der Waals surface area contributed by atoms with E-state index in [1.54, 1.807) is 0 Å². The van der Waals surface area contributed by atoms with Gasteiger partial charge in [0.2, 0.25) is 0 Å². The van der Waals surface area contributed by atoms with E-state index < -0.39 is 5.97 Å². The molecule has 1 aromatic carbocycles. The van der Waals surface area contributed by atoms with Crippen molar-refractivity contribution in [3.05, 3.63) is 35.5 Å². The summed E-state index contributed by atoms with van der Waals surface area (Å²) in [5.41, 5.74) is 2.37. The summed E-state index contributed by atoms with van der Waals surface area (Å²) < 4.78 is 7.52. The number of benzene rings is 1.